The summed E-state index contributed by atoms with van der Waals surface area (Å²) in [6, 6.07) is 0. The molecule has 0 aromatic heterocycles. The number of alkyl halides is 17. The Morgan fingerprint density at radius 2 is 0.812 bits per heavy atom. The van der Waals surface area contributed by atoms with Gasteiger partial charge in [-0.25, -0.2) is 9.18 Å². The molecule has 0 bridgehead atoms. The number of carbonyl (C=O) groups is 1. The molecule has 2 nitrogen and oxygen atoms in total. The lowest BCUT2D eigenvalue weighted by Crippen LogP contribution is -2.86. The van der Waals surface area contributed by atoms with Crippen molar-refractivity contribution < 1.29 is 84.2 Å². The molecule has 1 fully saturated rings. The minimum Gasteiger partial charge on any atom is -0.395 e. The van der Waals surface area contributed by atoms with Gasteiger partial charge in [0.15, 0.2) is 0 Å². The lowest BCUT2D eigenvalue weighted by atomic mass is 9.73. The molecule has 0 spiro atoms. The van der Waals surface area contributed by atoms with Gasteiger partial charge in [0.05, 0.1) is 0 Å². The molecule has 0 N–H and O–H groups in total. The Morgan fingerprint density at radius 3 is 1.03 bits per heavy atom. The van der Waals surface area contributed by atoms with Crippen LogP contribution in [0.3, 0.4) is 0 Å². The SMILES string of the molecule is C=C(C)C(=O)OC(F)(F)C1(F)C(F)(F)C(F)(F)C(F)(F)C(F)(F)C(F)(F)C(F)(F)C1(F)F. The molecule has 0 aromatic rings. The van der Waals surface area contributed by atoms with Gasteiger partial charge in [0.1, 0.15) is 0 Å². The number of halogens is 17. The van der Waals surface area contributed by atoms with Crippen LogP contribution in [0.5, 0.6) is 0 Å². The van der Waals surface area contributed by atoms with Crippen molar-refractivity contribution in [3.05, 3.63) is 12.2 Å². The maximum atomic E-state index is 14.5. The number of carbonyl (C=O) groups excluding carboxylic acids is 1. The third-order valence-corrected chi connectivity index (χ3v) is 4.20. The zero-order valence-corrected chi connectivity index (χ0v) is 14.4. The first kappa shape index (κ1) is 28.1. The summed E-state index contributed by atoms with van der Waals surface area (Å²) in [6.45, 7) is 2.66. The lowest BCUT2D eigenvalue weighted by molar-refractivity contribution is -0.518. The van der Waals surface area contributed by atoms with E-state index in [4.69, 9.17) is 0 Å². The molecule has 0 atom stereocenters. The Balaban J connectivity index is 4.29. The Kier molecular flexibility index (Phi) is 5.73. The average molecular weight is 516 g/mol. The fraction of sp³-hybridized carbons (Fsp3) is 0.769. The number of esters is 1. The van der Waals surface area contributed by atoms with Gasteiger partial charge in [0.25, 0.3) is 0 Å². The summed E-state index contributed by atoms with van der Waals surface area (Å²) in [5, 5.41) is 0. The van der Waals surface area contributed by atoms with E-state index in [0.717, 1.165) is 0 Å². The van der Waals surface area contributed by atoms with Crippen molar-refractivity contribution >= 4 is 5.97 Å². The Hall–Kier alpha value is -1.98. The highest BCUT2D eigenvalue weighted by Gasteiger charge is 3.05. The highest BCUT2D eigenvalue weighted by molar-refractivity contribution is 5.87. The van der Waals surface area contributed by atoms with E-state index in [2.05, 4.69) is 11.3 Å². The second kappa shape index (κ2) is 6.54. The van der Waals surface area contributed by atoms with Gasteiger partial charge >= 0.3 is 59.2 Å². The molecule has 188 valence electrons. The van der Waals surface area contributed by atoms with Gasteiger partial charge in [-0.1, -0.05) is 6.58 Å². The summed E-state index contributed by atoms with van der Waals surface area (Å²) in [4.78, 5) is 11.0. The van der Waals surface area contributed by atoms with Crippen LogP contribution in [0.1, 0.15) is 6.92 Å². The Bertz CT molecular complexity index is 769. The standard InChI is InChI=1S/C13H5F17O2/c1-3(2)4(31)32-13(29,30)5(14)6(15,16)8(19,20)10(23,24)12(27,28)11(25,26)9(21,22)7(5,17)18/h1H2,2H3. The quantitative estimate of drug-likeness (QED) is 0.267. The van der Waals surface area contributed by atoms with Gasteiger partial charge in [-0.3, -0.25) is 0 Å². The number of hydrogen-bond acceptors (Lipinski definition) is 2. The van der Waals surface area contributed by atoms with E-state index in [0.29, 0.717) is 0 Å². The van der Waals surface area contributed by atoms with E-state index >= 15 is 0 Å². The first-order valence-corrected chi connectivity index (χ1v) is 7.18. The summed E-state index contributed by atoms with van der Waals surface area (Å²) in [5.74, 6) is -63.4. The lowest BCUT2D eigenvalue weighted by Gasteiger charge is -2.52. The zero-order chi connectivity index (χ0) is 26.4. The smallest absolute Gasteiger partial charge is 0.395 e. The van der Waals surface area contributed by atoms with Crippen molar-refractivity contribution in [2.45, 2.75) is 60.2 Å². The third kappa shape index (κ3) is 2.64. The largest absolute Gasteiger partial charge is 0.448 e. The number of ether oxygens (including phenoxy) is 1. The van der Waals surface area contributed by atoms with Crippen LogP contribution in [0.2, 0.25) is 0 Å². The van der Waals surface area contributed by atoms with Crippen molar-refractivity contribution in [3.8, 4) is 0 Å². The molecule has 0 saturated heterocycles. The molecule has 19 heteroatoms. The zero-order valence-electron chi connectivity index (χ0n) is 14.4. The second-order valence-electron chi connectivity index (χ2n) is 6.37. The minimum atomic E-state index is -8.74. The van der Waals surface area contributed by atoms with Crippen LogP contribution in [-0.2, 0) is 9.53 Å². The van der Waals surface area contributed by atoms with Crippen molar-refractivity contribution in [1.29, 1.82) is 0 Å². The van der Waals surface area contributed by atoms with Crippen molar-refractivity contribution in [2.24, 2.45) is 0 Å². The molecule has 0 aliphatic heterocycles. The number of hydrogen-bond donors (Lipinski definition) is 0. The van der Waals surface area contributed by atoms with Gasteiger partial charge in [0, 0.05) is 5.57 Å². The summed E-state index contributed by atoms with van der Waals surface area (Å²) >= 11 is 0. The normalized spacial score (nSPS) is 28.7. The fourth-order valence-electron chi connectivity index (χ4n) is 2.26. The van der Waals surface area contributed by atoms with Crippen molar-refractivity contribution in [1.82, 2.24) is 0 Å². The molecule has 0 unspecified atom stereocenters. The van der Waals surface area contributed by atoms with Crippen LogP contribution in [0.25, 0.3) is 0 Å². The Labute approximate surface area is 164 Å². The topological polar surface area (TPSA) is 26.3 Å². The molecule has 0 heterocycles. The summed E-state index contributed by atoms with van der Waals surface area (Å²) in [5.41, 5.74) is -10.2. The molecule has 1 saturated carbocycles. The highest BCUT2D eigenvalue weighted by atomic mass is 19.4. The summed E-state index contributed by atoms with van der Waals surface area (Å²) in [6.07, 6.45) is -7.76. The average Bonchev–Trinajstić information content (AvgIpc) is 2.57. The maximum Gasteiger partial charge on any atom is 0.448 e. The van der Waals surface area contributed by atoms with Crippen LogP contribution in [0.4, 0.5) is 74.6 Å². The maximum absolute atomic E-state index is 14.5. The van der Waals surface area contributed by atoms with Gasteiger partial charge in [0.2, 0.25) is 0 Å². The van der Waals surface area contributed by atoms with E-state index < -0.39 is 64.8 Å². The minimum absolute atomic E-state index is 0.268. The molecule has 0 amide bonds. The van der Waals surface area contributed by atoms with Gasteiger partial charge in [-0.2, -0.15) is 70.2 Å². The first-order chi connectivity index (χ1) is 13.6. The number of rotatable bonds is 3. The monoisotopic (exact) mass is 516 g/mol. The van der Waals surface area contributed by atoms with E-state index in [1.807, 2.05) is 0 Å². The van der Waals surface area contributed by atoms with Crippen LogP contribution in [-0.4, -0.2) is 59.2 Å². The van der Waals surface area contributed by atoms with E-state index in [9.17, 15) is 79.4 Å². The summed E-state index contributed by atoms with van der Waals surface area (Å²) in [7, 11) is 0. The molecule has 0 radical (unpaired) electrons. The second-order valence-corrected chi connectivity index (χ2v) is 6.37. The molecule has 1 aliphatic carbocycles. The highest BCUT2D eigenvalue weighted by Crippen LogP contribution is 2.72. The molecule has 0 aromatic carbocycles. The molecular weight excluding hydrogens is 511 g/mol. The molecule has 1 aliphatic rings. The third-order valence-electron chi connectivity index (χ3n) is 4.20. The predicted octanol–water partition coefficient (Wildman–Crippen LogP) is 5.87. The Morgan fingerprint density at radius 1 is 0.594 bits per heavy atom. The van der Waals surface area contributed by atoms with Gasteiger partial charge < -0.3 is 4.74 Å². The fourth-order valence-corrected chi connectivity index (χ4v) is 2.26. The van der Waals surface area contributed by atoms with Crippen molar-refractivity contribution in [2.75, 3.05) is 0 Å². The van der Waals surface area contributed by atoms with Gasteiger partial charge in [-0.05, 0) is 6.92 Å². The van der Waals surface area contributed by atoms with Crippen LogP contribution < -0.4 is 0 Å². The van der Waals surface area contributed by atoms with Crippen LogP contribution >= 0.6 is 0 Å². The summed E-state index contributed by atoms with van der Waals surface area (Å²) < 4.78 is 234. The van der Waals surface area contributed by atoms with Crippen LogP contribution in [0, 0.1) is 0 Å². The molecule has 32 heavy (non-hydrogen) atoms. The van der Waals surface area contributed by atoms with Crippen molar-refractivity contribution in [3.63, 3.8) is 0 Å². The van der Waals surface area contributed by atoms with E-state index in [1.54, 1.807) is 0 Å². The van der Waals surface area contributed by atoms with E-state index in [-0.39, 0.29) is 6.92 Å². The predicted molar refractivity (Wildman–Crippen MR) is 64.3 cm³/mol. The van der Waals surface area contributed by atoms with Gasteiger partial charge in [-0.15, -0.1) is 0 Å². The molecular formula is C13H5F17O2. The van der Waals surface area contributed by atoms with Crippen LogP contribution in [0.15, 0.2) is 12.2 Å². The van der Waals surface area contributed by atoms with E-state index in [1.165, 1.54) is 0 Å². The first-order valence-electron chi connectivity index (χ1n) is 7.18. The molecule has 1 rings (SSSR count).